The minimum absolute atomic E-state index is 0.124. The fourth-order valence-electron chi connectivity index (χ4n) is 4.05. The summed E-state index contributed by atoms with van der Waals surface area (Å²) in [5.74, 6) is 0. The molecular formula is C20H32N2O2S. The molecule has 2 heterocycles. The van der Waals surface area contributed by atoms with Crippen molar-refractivity contribution in [3.63, 3.8) is 0 Å². The summed E-state index contributed by atoms with van der Waals surface area (Å²) >= 11 is 1.79. The Morgan fingerprint density at radius 2 is 1.92 bits per heavy atom. The van der Waals surface area contributed by atoms with Gasteiger partial charge in [0.25, 0.3) is 0 Å². The predicted octanol–water partition coefficient (Wildman–Crippen LogP) is 2.70. The summed E-state index contributed by atoms with van der Waals surface area (Å²) in [7, 11) is 0. The molecule has 2 saturated heterocycles. The van der Waals surface area contributed by atoms with Crippen LogP contribution in [0.4, 0.5) is 0 Å². The SMILES string of the molecule is CSc1cccc(CN2CC[C@@](O)(CN3CCOCC3)C(C)(C)C2)c1. The van der Waals surface area contributed by atoms with E-state index in [1.54, 1.807) is 11.8 Å². The summed E-state index contributed by atoms with van der Waals surface area (Å²) in [6, 6.07) is 8.80. The van der Waals surface area contributed by atoms with Crippen LogP contribution in [0.25, 0.3) is 0 Å². The summed E-state index contributed by atoms with van der Waals surface area (Å²) in [6.45, 7) is 11.5. The summed E-state index contributed by atoms with van der Waals surface area (Å²) in [5, 5.41) is 11.4. The molecule has 3 rings (SSSR count). The second kappa shape index (κ2) is 7.97. The fraction of sp³-hybridized carbons (Fsp3) is 0.700. The third-order valence-corrected chi connectivity index (χ3v) is 6.57. The van der Waals surface area contributed by atoms with Gasteiger partial charge in [-0.1, -0.05) is 26.0 Å². The van der Waals surface area contributed by atoms with Crippen LogP contribution in [0.5, 0.6) is 0 Å². The highest BCUT2D eigenvalue weighted by Gasteiger charge is 2.48. The number of β-amino-alcohol motifs (C(OH)–C–C–N with tert-alkyl or cyclic N) is 1. The molecule has 0 saturated carbocycles. The van der Waals surface area contributed by atoms with E-state index in [2.05, 4.69) is 54.2 Å². The molecule has 0 aliphatic carbocycles. The summed E-state index contributed by atoms with van der Waals surface area (Å²) in [6.07, 6.45) is 2.95. The third kappa shape index (κ3) is 4.58. The molecule has 1 aromatic carbocycles. The van der Waals surface area contributed by atoms with Crippen LogP contribution in [0.1, 0.15) is 25.8 Å². The van der Waals surface area contributed by atoms with Gasteiger partial charge in [-0.15, -0.1) is 11.8 Å². The van der Waals surface area contributed by atoms with Gasteiger partial charge in [0.2, 0.25) is 0 Å². The van der Waals surface area contributed by atoms with E-state index in [9.17, 15) is 5.11 Å². The van der Waals surface area contributed by atoms with Gasteiger partial charge in [-0.3, -0.25) is 9.80 Å². The number of hydrogen-bond acceptors (Lipinski definition) is 5. The maximum absolute atomic E-state index is 11.4. The first kappa shape index (κ1) is 19.2. The van der Waals surface area contributed by atoms with Crippen molar-refractivity contribution >= 4 is 11.8 Å². The predicted molar refractivity (Wildman–Crippen MR) is 104 cm³/mol. The van der Waals surface area contributed by atoms with Gasteiger partial charge in [0.15, 0.2) is 0 Å². The van der Waals surface area contributed by atoms with Gasteiger partial charge in [-0.25, -0.2) is 0 Å². The molecule has 25 heavy (non-hydrogen) atoms. The average Bonchev–Trinajstić information content (AvgIpc) is 2.59. The second-order valence-electron chi connectivity index (χ2n) is 8.12. The van der Waals surface area contributed by atoms with E-state index >= 15 is 0 Å². The van der Waals surface area contributed by atoms with Crippen LogP contribution in [-0.4, -0.2) is 72.7 Å². The standard InChI is InChI=1S/C20H32N2O2S/c1-19(2)15-22(14-17-5-4-6-18(13-17)25-3)8-7-20(19,23)16-21-9-11-24-12-10-21/h4-6,13,23H,7-12,14-16H2,1-3H3/t20-/m1/s1. The van der Waals surface area contributed by atoms with Gasteiger partial charge in [0, 0.05) is 49.6 Å². The van der Waals surface area contributed by atoms with Crippen LogP contribution in [0.15, 0.2) is 29.2 Å². The van der Waals surface area contributed by atoms with Crippen LogP contribution in [0.2, 0.25) is 0 Å². The average molecular weight is 365 g/mol. The lowest BCUT2D eigenvalue weighted by molar-refractivity contribution is -0.140. The molecule has 0 spiro atoms. The monoisotopic (exact) mass is 364 g/mol. The Balaban J connectivity index is 1.62. The highest BCUT2D eigenvalue weighted by molar-refractivity contribution is 7.98. The molecule has 4 nitrogen and oxygen atoms in total. The van der Waals surface area contributed by atoms with Gasteiger partial charge >= 0.3 is 0 Å². The van der Waals surface area contributed by atoms with Crippen LogP contribution in [0.3, 0.4) is 0 Å². The Bertz CT molecular complexity index is 575. The molecule has 1 N–H and O–H groups in total. The smallest absolute Gasteiger partial charge is 0.0849 e. The molecule has 140 valence electrons. The van der Waals surface area contributed by atoms with Crippen molar-refractivity contribution in [2.24, 2.45) is 5.41 Å². The zero-order valence-corrected chi connectivity index (χ0v) is 16.6. The number of ether oxygens (including phenoxy) is 1. The quantitative estimate of drug-likeness (QED) is 0.813. The Morgan fingerprint density at radius 3 is 2.60 bits per heavy atom. The fourth-order valence-corrected chi connectivity index (χ4v) is 4.54. The first-order valence-corrected chi connectivity index (χ1v) is 10.5. The maximum Gasteiger partial charge on any atom is 0.0849 e. The molecule has 0 amide bonds. The minimum Gasteiger partial charge on any atom is -0.388 e. The Kier molecular flexibility index (Phi) is 6.11. The van der Waals surface area contributed by atoms with E-state index in [0.29, 0.717) is 0 Å². The highest BCUT2D eigenvalue weighted by Crippen LogP contribution is 2.40. The molecule has 2 aliphatic rings. The number of piperidine rings is 1. The number of aliphatic hydroxyl groups is 1. The van der Waals surface area contributed by atoms with Gasteiger partial charge < -0.3 is 9.84 Å². The first-order valence-electron chi connectivity index (χ1n) is 9.30. The van der Waals surface area contributed by atoms with Crippen LogP contribution >= 0.6 is 11.8 Å². The molecule has 1 aromatic rings. The number of likely N-dealkylation sites (tertiary alicyclic amines) is 1. The highest BCUT2D eigenvalue weighted by atomic mass is 32.2. The van der Waals surface area contributed by atoms with Crippen molar-refractivity contribution in [2.75, 3.05) is 52.2 Å². The number of morpholine rings is 1. The van der Waals surface area contributed by atoms with Gasteiger partial charge in [-0.05, 0) is 30.4 Å². The Hall–Kier alpha value is -0.590. The lowest BCUT2D eigenvalue weighted by atomic mass is 9.69. The van der Waals surface area contributed by atoms with E-state index in [4.69, 9.17) is 4.74 Å². The van der Waals surface area contributed by atoms with Gasteiger partial charge in [0.05, 0.1) is 18.8 Å². The van der Waals surface area contributed by atoms with E-state index in [-0.39, 0.29) is 5.41 Å². The van der Waals surface area contributed by atoms with E-state index in [1.165, 1.54) is 10.5 Å². The molecule has 0 unspecified atom stereocenters. The molecule has 5 heteroatoms. The molecule has 2 fully saturated rings. The van der Waals surface area contributed by atoms with Crippen LogP contribution in [-0.2, 0) is 11.3 Å². The van der Waals surface area contributed by atoms with E-state index < -0.39 is 5.60 Å². The second-order valence-corrected chi connectivity index (χ2v) is 9.00. The maximum atomic E-state index is 11.4. The first-order chi connectivity index (χ1) is 11.9. The van der Waals surface area contributed by atoms with Crippen molar-refractivity contribution in [3.8, 4) is 0 Å². The number of rotatable bonds is 5. The zero-order valence-electron chi connectivity index (χ0n) is 15.8. The summed E-state index contributed by atoms with van der Waals surface area (Å²) in [4.78, 5) is 6.17. The summed E-state index contributed by atoms with van der Waals surface area (Å²) < 4.78 is 5.44. The number of benzene rings is 1. The van der Waals surface area contributed by atoms with Gasteiger partial charge in [-0.2, -0.15) is 0 Å². The Morgan fingerprint density at radius 1 is 1.16 bits per heavy atom. The van der Waals surface area contributed by atoms with Crippen molar-refractivity contribution in [3.05, 3.63) is 29.8 Å². The molecular weight excluding hydrogens is 332 g/mol. The van der Waals surface area contributed by atoms with Gasteiger partial charge in [0.1, 0.15) is 0 Å². The number of thioether (sulfide) groups is 1. The van der Waals surface area contributed by atoms with Crippen molar-refractivity contribution in [1.29, 1.82) is 0 Å². The molecule has 0 aromatic heterocycles. The Labute approximate surface area is 156 Å². The molecule has 0 bridgehead atoms. The van der Waals surface area contributed by atoms with E-state index in [0.717, 1.165) is 58.9 Å². The van der Waals surface area contributed by atoms with Crippen molar-refractivity contribution in [1.82, 2.24) is 9.80 Å². The summed E-state index contributed by atoms with van der Waals surface area (Å²) in [5.41, 5.74) is 0.615. The molecule has 1 atom stereocenters. The third-order valence-electron chi connectivity index (χ3n) is 5.85. The lowest BCUT2D eigenvalue weighted by Crippen LogP contribution is -2.62. The largest absolute Gasteiger partial charge is 0.388 e. The van der Waals surface area contributed by atoms with E-state index in [1.807, 2.05) is 0 Å². The normalized spacial score (nSPS) is 28.2. The van der Waals surface area contributed by atoms with Crippen molar-refractivity contribution in [2.45, 2.75) is 37.3 Å². The number of nitrogens with zero attached hydrogens (tertiary/aromatic N) is 2. The minimum atomic E-state index is -0.623. The van der Waals surface area contributed by atoms with Crippen molar-refractivity contribution < 1.29 is 9.84 Å². The van der Waals surface area contributed by atoms with Crippen LogP contribution < -0.4 is 0 Å². The van der Waals surface area contributed by atoms with Crippen LogP contribution in [0, 0.1) is 5.41 Å². The molecule has 0 radical (unpaired) electrons. The number of hydrogen-bond donors (Lipinski definition) is 1. The lowest BCUT2D eigenvalue weighted by Gasteiger charge is -2.52. The molecule has 2 aliphatic heterocycles. The topological polar surface area (TPSA) is 35.9 Å². The zero-order chi connectivity index (χ0) is 17.9.